The van der Waals surface area contributed by atoms with Crippen LogP contribution in [0.5, 0.6) is 0 Å². The Morgan fingerprint density at radius 2 is 2.00 bits per heavy atom. The maximum absolute atomic E-state index is 12.0. The number of benzene rings is 1. The maximum atomic E-state index is 12.0. The van der Waals surface area contributed by atoms with Crippen molar-refractivity contribution in [2.45, 2.75) is 20.3 Å². The zero-order chi connectivity index (χ0) is 15.2. The fourth-order valence-corrected chi connectivity index (χ4v) is 2.24. The van der Waals surface area contributed by atoms with E-state index in [0.717, 1.165) is 29.6 Å². The van der Waals surface area contributed by atoms with Crippen molar-refractivity contribution >= 4 is 16.6 Å². The summed E-state index contributed by atoms with van der Waals surface area (Å²) >= 11 is 0. The normalized spacial score (nSPS) is 11.2. The van der Waals surface area contributed by atoms with Gasteiger partial charge in [0.05, 0.1) is 12.1 Å². The SMILES string of the molecule is CC(C)CCOCCNc1cc(=O)n(C)c2ccccc12. The molecule has 2 aromatic rings. The minimum Gasteiger partial charge on any atom is -0.382 e. The molecule has 0 unspecified atom stereocenters. The first-order chi connectivity index (χ1) is 10.1. The van der Waals surface area contributed by atoms with Crippen molar-refractivity contribution in [3.8, 4) is 0 Å². The van der Waals surface area contributed by atoms with Crippen LogP contribution in [0.25, 0.3) is 10.9 Å². The van der Waals surface area contributed by atoms with Crippen LogP contribution in [0.3, 0.4) is 0 Å². The third-order valence-corrected chi connectivity index (χ3v) is 3.56. The second-order valence-electron chi connectivity index (χ2n) is 5.69. The predicted molar refractivity (Wildman–Crippen MR) is 88.0 cm³/mol. The summed E-state index contributed by atoms with van der Waals surface area (Å²) in [5, 5.41) is 4.36. The van der Waals surface area contributed by atoms with Gasteiger partial charge in [-0.05, 0) is 18.4 Å². The smallest absolute Gasteiger partial charge is 0.252 e. The Morgan fingerprint density at radius 1 is 1.24 bits per heavy atom. The molecule has 21 heavy (non-hydrogen) atoms. The molecule has 0 bridgehead atoms. The zero-order valence-electron chi connectivity index (χ0n) is 13.1. The van der Waals surface area contributed by atoms with E-state index in [2.05, 4.69) is 19.2 Å². The fourth-order valence-electron chi connectivity index (χ4n) is 2.24. The second kappa shape index (κ2) is 7.27. The summed E-state index contributed by atoms with van der Waals surface area (Å²) in [6, 6.07) is 9.56. The number of nitrogens with one attached hydrogen (secondary N) is 1. The molecule has 1 N–H and O–H groups in total. The number of ether oxygens (including phenoxy) is 1. The first-order valence-electron chi connectivity index (χ1n) is 7.50. The Hall–Kier alpha value is -1.81. The molecule has 0 spiro atoms. The van der Waals surface area contributed by atoms with Crippen LogP contribution in [0.4, 0.5) is 5.69 Å². The van der Waals surface area contributed by atoms with Crippen LogP contribution in [-0.4, -0.2) is 24.3 Å². The monoisotopic (exact) mass is 288 g/mol. The van der Waals surface area contributed by atoms with E-state index in [1.54, 1.807) is 17.7 Å². The van der Waals surface area contributed by atoms with E-state index in [1.807, 2.05) is 24.3 Å². The van der Waals surface area contributed by atoms with Crippen molar-refractivity contribution in [2.75, 3.05) is 25.1 Å². The lowest BCUT2D eigenvalue weighted by molar-refractivity contribution is 0.133. The maximum Gasteiger partial charge on any atom is 0.252 e. The first-order valence-corrected chi connectivity index (χ1v) is 7.50. The lowest BCUT2D eigenvalue weighted by atomic mass is 10.1. The molecule has 0 aliphatic heterocycles. The van der Waals surface area contributed by atoms with Gasteiger partial charge in [-0.15, -0.1) is 0 Å². The van der Waals surface area contributed by atoms with Crippen molar-refractivity contribution in [1.82, 2.24) is 4.57 Å². The molecule has 1 aromatic heterocycles. The van der Waals surface area contributed by atoms with E-state index in [0.29, 0.717) is 19.1 Å². The molecule has 4 nitrogen and oxygen atoms in total. The van der Waals surface area contributed by atoms with Crippen LogP contribution in [0.15, 0.2) is 35.1 Å². The van der Waals surface area contributed by atoms with Crippen molar-refractivity contribution < 1.29 is 4.74 Å². The molecule has 1 aromatic carbocycles. The van der Waals surface area contributed by atoms with E-state index < -0.39 is 0 Å². The molecule has 0 aliphatic carbocycles. The number of aryl methyl sites for hydroxylation is 1. The lowest BCUT2D eigenvalue weighted by Crippen LogP contribution is -2.18. The van der Waals surface area contributed by atoms with Crippen molar-refractivity contribution in [1.29, 1.82) is 0 Å². The minimum absolute atomic E-state index is 0.00285. The highest BCUT2D eigenvalue weighted by Gasteiger charge is 2.05. The largest absolute Gasteiger partial charge is 0.382 e. The summed E-state index contributed by atoms with van der Waals surface area (Å²) in [5.74, 6) is 0.666. The molecule has 114 valence electrons. The number of fused-ring (bicyclic) bond motifs is 1. The van der Waals surface area contributed by atoms with Crippen molar-refractivity contribution in [3.05, 3.63) is 40.7 Å². The van der Waals surface area contributed by atoms with Gasteiger partial charge in [-0.3, -0.25) is 4.79 Å². The van der Waals surface area contributed by atoms with Gasteiger partial charge in [0, 0.05) is 37.3 Å². The van der Waals surface area contributed by atoms with Gasteiger partial charge in [-0.1, -0.05) is 32.0 Å². The zero-order valence-corrected chi connectivity index (χ0v) is 13.1. The highest BCUT2D eigenvalue weighted by atomic mass is 16.5. The van der Waals surface area contributed by atoms with E-state index in [1.165, 1.54) is 0 Å². The number of para-hydroxylation sites is 1. The summed E-state index contributed by atoms with van der Waals surface area (Å²) in [7, 11) is 1.80. The number of pyridine rings is 1. The highest BCUT2D eigenvalue weighted by molar-refractivity contribution is 5.91. The Kier molecular flexibility index (Phi) is 5.39. The number of hydrogen-bond acceptors (Lipinski definition) is 3. The number of aromatic nitrogens is 1. The molecular weight excluding hydrogens is 264 g/mol. The Balaban J connectivity index is 1.99. The van der Waals surface area contributed by atoms with Crippen LogP contribution in [0.2, 0.25) is 0 Å². The topological polar surface area (TPSA) is 43.3 Å². The average molecular weight is 288 g/mol. The molecule has 2 rings (SSSR count). The fraction of sp³-hybridized carbons (Fsp3) is 0.471. The molecule has 0 radical (unpaired) electrons. The Morgan fingerprint density at radius 3 is 2.76 bits per heavy atom. The summed E-state index contributed by atoms with van der Waals surface area (Å²) in [6.07, 6.45) is 1.08. The molecular formula is C17H24N2O2. The van der Waals surface area contributed by atoms with Gasteiger partial charge in [-0.25, -0.2) is 0 Å². The van der Waals surface area contributed by atoms with Gasteiger partial charge >= 0.3 is 0 Å². The van der Waals surface area contributed by atoms with Crippen LogP contribution >= 0.6 is 0 Å². The van der Waals surface area contributed by atoms with Gasteiger partial charge in [0.1, 0.15) is 0 Å². The lowest BCUT2D eigenvalue weighted by Gasteiger charge is -2.12. The van der Waals surface area contributed by atoms with Crippen molar-refractivity contribution in [2.24, 2.45) is 13.0 Å². The van der Waals surface area contributed by atoms with Gasteiger partial charge in [0.25, 0.3) is 5.56 Å². The molecule has 0 atom stereocenters. The van der Waals surface area contributed by atoms with E-state index in [4.69, 9.17) is 4.74 Å². The second-order valence-corrected chi connectivity index (χ2v) is 5.69. The third kappa shape index (κ3) is 4.08. The molecule has 1 heterocycles. The molecule has 4 heteroatoms. The van der Waals surface area contributed by atoms with Gasteiger partial charge in [0.15, 0.2) is 0 Å². The van der Waals surface area contributed by atoms with Crippen LogP contribution in [0, 0.1) is 5.92 Å². The molecule has 0 aliphatic rings. The molecule has 0 amide bonds. The molecule has 0 fully saturated rings. The van der Waals surface area contributed by atoms with E-state index in [9.17, 15) is 4.79 Å². The molecule has 0 saturated carbocycles. The number of rotatable bonds is 7. The first kappa shape index (κ1) is 15.6. The minimum atomic E-state index is -0.00285. The summed E-state index contributed by atoms with van der Waals surface area (Å²) in [6.45, 7) is 6.52. The number of anilines is 1. The summed E-state index contributed by atoms with van der Waals surface area (Å²) < 4.78 is 7.25. The third-order valence-electron chi connectivity index (χ3n) is 3.56. The number of nitrogens with zero attached hydrogens (tertiary/aromatic N) is 1. The number of hydrogen-bond donors (Lipinski definition) is 1. The quantitative estimate of drug-likeness (QED) is 0.796. The Labute approximate surface area is 125 Å². The van der Waals surface area contributed by atoms with E-state index >= 15 is 0 Å². The van der Waals surface area contributed by atoms with Gasteiger partial charge < -0.3 is 14.6 Å². The standard InChI is InChI=1S/C17H24N2O2/c1-13(2)8-10-21-11-9-18-15-12-17(20)19(3)16-7-5-4-6-14(15)16/h4-7,12-13,18H,8-11H2,1-3H3. The average Bonchev–Trinajstić information content (AvgIpc) is 2.47. The van der Waals surface area contributed by atoms with Gasteiger partial charge in [0.2, 0.25) is 0 Å². The van der Waals surface area contributed by atoms with E-state index in [-0.39, 0.29) is 5.56 Å². The van der Waals surface area contributed by atoms with Crippen LogP contribution < -0.4 is 10.9 Å². The van der Waals surface area contributed by atoms with Crippen LogP contribution in [0.1, 0.15) is 20.3 Å². The predicted octanol–water partition coefficient (Wildman–Crippen LogP) is 3.01. The molecule has 0 saturated heterocycles. The summed E-state index contributed by atoms with van der Waals surface area (Å²) in [4.78, 5) is 12.0. The van der Waals surface area contributed by atoms with Crippen molar-refractivity contribution in [3.63, 3.8) is 0 Å². The van der Waals surface area contributed by atoms with Gasteiger partial charge in [-0.2, -0.15) is 0 Å². The van der Waals surface area contributed by atoms with Crippen LogP contribution in [-0.2, 0) is 11.8 Å². The summed E-state index contributed by atoms with van der Waals surface area (Å²) in [5.41, 5.74) is 1.81. The Bertz CT molecular complexity index is 647. The highest BCUT2D eigenvalue weighted by Crippen LogP contribution is 2.20.